The molecule has 1 unspecified atom stereocenters. The average Bonchev–Trinajstić information content (AvgIpc) is 2.92. The molecule has 1 atom stereocenters. The highest BCUT2D eigenvalue weighted by Gasteiger charge is 2.19. The Hall–Kier alpha value is -1.75. The number of nitrogens with zero attached hydrogens (tertiary/aromatic N) is 2. The highest BCUT2D eigenvalue weighted by molar-refractivity contribution is 7.09. The maximum absolute atomic E-state index is 12.2. The Labute approximate surface area is 116 Å². The first-order valence-corrected chi connectivity index (χ1v) is 7.15. The Morgan fingerprint density at radius 2 is 2.26 bits per heavy atom. The molecule has 2 heterocycles. The van der Waals surface area contributed by atoms with Crippen molar-refractivity contribution < 1.29 is 4.79 Å². The van der Waals surface area contributed by atoms with Crippen LogP contribution in [-0.4, -0.2) is 15.9 Å². The largest absolute Gasteiger partial charge is 0.343 e. The van der Waals surface area contributed by atoms with Gasteiger partial charge < -0.3 is 5.32 Å². The van der Waals surface area contributed by atoms with Gasteiger partial charge in [0.1, 0.15) is 5.01 Å². The summed E-state index contributed by atoms with van der Waals surface area (Å²) in [5.41, 5.74) is 0.577. The molecule has 0 saturated heterocycles. The third-order valence-electron chi connectivity index (χ3n) is 2.69. The van der Waals surface area contributed by atoms with Crippen molar-refractivity contribution in [1.82, 2.24) is 15.3 Å². The molecule has 0 fully saturated rings. The zero-order valence-electron chi connectivity index (χ0n) is 11.0. The number of carbonyl (C=O) groups is 1. The molecular formula is C14H17N3OS. The van der Waals surface area contributed by atoms with Crippen LogP contribution < -0.4 is 5.32 Å². The standard InChI is InChI=1S/C14H17N3OS/c1-10(2)8-12(14-16-6-7-19-14)17-13(18)11-4-3-5-15-9-11/h3-7,9-10,12H,8H2,1-2H3,(H,17,18). The van der Waals surface area contributed by atoms with Gasteiger partial charge in [0, 0.05) is 24.0 Å². The van der Waals surface area contributed by atoms with E-state index in [2.05, 4.69) is 29.1 Å². The lowest BCUT2D eigenvalue weighted by molar-refractivity contribution is 0.0931. The number of nitrogens with one attached hydrogen (secondary N) is 1. The molecular weight excluding hydrogens is 258 g/mol. The summed E-state index contributed by atoms with van der Waals surface area (Å²) in [4.78, 5) is 20.4. The fourth-order valence-electron chi connectivity index (χ4n) is 1.84. The normalized spacial score (nSPS) is 12.4. The number of thiazole rings is 1. The lowest BCUT2D eigenvalue weighted by Crippen LogP contribution is -2.29. The van der Waals surface area contributed by atoms with Crippen LogP contribution in [0.4, 0.5) is 0 Å². The third-order valence-corrected chi connectivity index (χ3v) is 3.57. The smallest absolute Gasteiger partial charge is 0.253 e. The molecule has 0 aliphatic heterocycles. The van der Waals surface area contributed by atoms with E-state index in [1.165, 1.54) is 0 Å². The lowest BCUT2D eigenvalue weighted by Gasteiger charge is -2.18. The van der Waals surface area contributed by atoms with E-state index in [9.17, 15) is 4.79 Å². The van der Waals surface area contributed by atoms with Gasteiger partial charge in [-0.2, -0.15) is 0 Å². The van der Waals surface area contributed by atoms with E-state index >= 15 is 0 Å². The van der Waals surface area contributed by atoms with Crippen LogP contribution in [-0.2, 0) is 0 Å². The molecule has 2 aromatic rings. The average molecular weight is 275 g/mol. The quantitative estimate of drug-likeness (QED) is 0.912. The Morgan fingerprint density at radius 1 is 1.42 bits per heavy atom. The summed E-state index contributed by atoms with van der Waals surface area (Å²) in [6.07, 6.45) is 5.87. The van der Waals surface area contributed by atoms with Crippen molar-refractivity contribution in [3.63, 3.8) is 0 Å². The minimum absolute atomic E-state index is 0.0345. The molecule has 1 amide bonds. The Morgan fingerprint density at radius 3 is 2.84 bits per heavy atom. The molecule has 1 N–H and O–H groups in total. The maximum atomic E-state index is 12.2. The lowest BCUT2D eigenvalue weighted by atomic mass is 10.0. The Balaban J connectivity index is 2.10. The molecule has 0 bridgehead atoms. The van der Waals surface area contributed by atoms with Gasteiger partial charge in [0.25, 0.3) is 5.91 Å². The maximum Gasteiger partial charge on any atom is 0.253 e. The summed E-state index contributed by atoms with van der Waals surface area (Å²) >= 11 is 1.57. The molecule has 0 aliphatic rings. The molecule has 4 nitrogen and oxygen atoms in total. The molecule has 100 valence electrons. The van der Waals surface area contributed by atoms with Gasteiger partial charge in [0.05, 0.1) is 11.6 Å². The predicted molar refractivity (Wildman–Crippen MR) is 76.0 cm³/mol. The summed E-state index contributed by atoms with van der Waals surface area (Å²) in [6.45, 7) is 4.27. The van der Waals surface area contributed by atoms with Crippen LogP contribution >= 0.6 is 11.3 Å². The molecule has 0 radical (unpaired) electrons. The minimum atomic E-state index is -0.103. The van der Waals surface area contributed by atoms with Crippen molar-refractivity contribution in [2.75, 3.05) is 0 Å². The monoisotopic (exact) mass is 275 g/mol. The fourth-order valence-corrected chi connectivity index (χ4v) is 2.54. The van der Waals surface area contributed by atoms with E-state index in [-0.39, 0.29) is 11.9 Å². The van der Waals surface area contributed by atoms with Gasteiger partial charge in [-0.1, -0.05) is 13.8 Å². The van der Waals surface area contributed by atoms with Crippen molar-refractivity contribution in [2.24, 2.45) is 5.92 Å². The molecule has 2 aromatic heterocycles. The predicted octanol–water partition coefficient (Wildman–Crippen LogP) is 3.06. The molecule has 0 spiro atoms. The molecule has 5 heteroatoms. The van der Waals surface area contributed by atoms with E-state index in [4.69, 9.17) is 0 Å². The first-order chi connectivity index (χ1) is 9.16. The van der Waals surface area contributed by atoms with Crippen LogP contribution in [0.5, 0.6) is 0 Å². The molecule has 19 heavy (non-hydrogen) atoms. The number of aromatic nitrogens is 2. The van der Waals surface area contributed by atoms with Crippen LogP contribution in [0.25, 0.3) is 0 Å². The number of carbonyl (C=O) groups excluding carboxylic acids is 1. The minimum Gasteiger partial charge on any atom is -0.343 e. The SMILES string of the molecule is CC(C)CC(NC(=O)c1cccnc1)c1nccs1. The van der Waals surface area contributed by atoms with Crippen LogP contribution in [0, 0.1) is 5.92 Å². The topological polar surface area (TPSA) is 54.9 Å². The highest BCUT2D eigenvalue weighted by atomic mass is 32.1. The van der Waals surface area contributed by atoms with Gasteiger partial charge >= 0.3 is 0 Å². The van der Waals surface area contributed by atoms with E-state index < -0.39 is 0 Å². The summed E-state index contributed by atoms with van der Waals surface area (Å²) in [7, 11) is 0. The zero-order valence-corrected chi connectivity index (χ0v) is 11.9. The van der Waals surface area contributed by atoms with E-state index in [0.29, 0.717) is 11.5 Å². The van der Waals surface area contributed by atoms with Gasteiger partial charge in [-0.15, -0.1) is 11.3 Å². The number of hydrogen-bond acceptors (Lipinski definition) is 4. The second kappa shape index (κ2) is 6.43. The summed E-state index contributed by atoms with van der Waals surface area (Å²) < 4.78 is 0. The second-order valence-electron chi connectivity index (χ2n) is 4.77. The third kappa shape index (κ3) is 3.86. The van der Waals surface area contributed by atoms with Crippen LogP contribution in [0.1, 0.15) is 41.7 Å². The second-order valence-corrected chi connectivity index (χ2v) is 5.69. The van der Waals surface area contributed by atoms with Crippen LogP contribution in [0.2, 0.25) is 0 Å². The van der Waals surface area contributed by atoms with Crippen molar-refractivity contribution in [2.45, 2.75) is 26.3 Å². The number of amides is 1. The van der Waals surface area contributed by atoms with Gasteiger partial charge in [-0.05, 0) is 24.5 Å². The van der Waals surface area contributed by atoms with Crippen LogP contribution in [0.15, 0.2) is 36.1 Å². The fraction of sp³-hybridized carbons (Fsp3) is 0.357. The first-order valence-electron chi connectivity index (χ1n) is 6.27. The Bertz CT molecular complexity index is 511. The van der Waals surface area contributed by atoms with Crippen molar-refractivity contribution in [3.05, 3.63) is 46.7 Å². The zero-order chi connectivity index (χ0) is 13.7. The van der Waals surface area contributed by atoms with Crippen molar-refractivity contribution in [1.29, 1.82) is 0 Å². The highest BCUT2D eigenvalue weighted by Crippen LogP contribution is 2.23. The number of pyridine rings is 1. The number of rotatable bonds is 5. The summed E-state index contributed by atoms with van der Waals surface area (Å²) in [5, 5.41) is 5.92. The first kappa shape index (κ1) is 13.7. The van der Waals surface area contributed by atoms with E-state index in [1.54, 1.807) is 42.1 Å². The van der Waals surface area contributed by atoms with Gasteiger partial charge in [-0.25, -0.2) is 4.98 Å². The number of hydrogen-bond donors (Lipinski definition) is 1. The summed E-state index contributed by atoms with van der Waals surface area (Å²) in [6, 6.07) is 3.49. The molecule has 0 aliphatic carbocycles. The van der Waals surface area contributed by atoms with Crippen molar-refractivity contribution in [3.8, 4) is 0 Å². The molecule has 2 rings (SSSR count). The van der Waals surface area contributed by atoms with E-state index in [1.807, 2.05) is 5.38 Å². The van der Waals surface area contributed by atoms with Gasteiger partial charge in [0.2, 0.25) is 0 Å². The molecule has 0 saturated carbocycles. The molecule has 0 aromatic carbocycles. The van der Waals surface area contributed by atoms with Gasteiger partial charge in [0.15, 0.2) is 0 Å². The van der Waals surface area contributed by atoms with Gasteiger partial charge in [-0.3, -0.25) is 9.78 Å². The van der Waals surface area contributed by atoms with Crippen LogP contribution in [0.3, 0.4) is 0 Å². The van der Waals surface area contributed by atoms with Crippen molar-refractivity contribution >= 4 is 17.2 Å². The summed E-state index contributed by atoms with van der Waals surface area (Å²) in [5.74, 6) is 0.386. The Kier molecular flexibility index (Phi) is 4.63. The van der Waals surface area contributed by atoms with E-state index in [0.717, 1.165) is 11.4 Å².